The Labute approximate surface area is 172 Å². The molecule has 2 aliphatic rings. The van der Waals surface area contributed by atoms with E-state index in [1.807, 2.05) is 35.2 Å². The number of rotatable bonds is 7. The van der Waals surface area contributed by atoms with Crippen LogP contribution in [0.4, 0.5) is 0 Å². The molecule has 0 bridgehead atoms. The van der Waals surface area contributed by atoms with Crippen LogP contribution in [-0.4, -0.2) is 36.3 Å². The number of carbonyl (C=O) groups is 2. The summed E-state index contributed by atoms with van der Waals surface area (Å²) in [7, 11) is 0. The fourth-order valence-electron chi connectivity index (χ4n) is 4.35. The van der Waals surface area contributed by atoms with Crippen LogP contribution in [0.5, 0.6) is 0 Å². The van der Waals surface area contributed by atoms with Crippen LogP contribution in [0, 0.1) is 0 Å². The molecule has 2 saturated heterocycles. The van der Waals surface area contributed by atoms with E-state index < -0.39 is 0 Å². The lowest BCUT2D eigenvalue weighted by Crippen LogP contribution is -3.08. The molecule has 2 fully saturated rings. The Balaban J connectivity index is 1.33. The highest BCUT2D eigenvalue weighted by Crippen LogP contribution is 2.15. The van der Waals surface area contributed by atoms with Gasteiger partial charge in [0.1, 0.15) is 6.54 Å². The lowest BCUT2D eigenvalue weighted by atomic mass is 10.1. The Bertz CT molecular complexity index is 857. The van der Waals surface area contributed by atoms with E-state index >= 15 is 0 Å². The molecule has 2 aromatic rings. The van der Waals surface area contributed by atoms with Crippen molar-refractivity contribution in [1.29, 1.82) is 0 Å². The molecule has 2 heterocycles. The number of amides is 2. The van der Waals surface area contributed by atoms with Crippen molar-refractivity contribution in [3.05, 3.63) is 70.8 Å². The number of benzene rings is 2. The van der Waals surface area contributed by atoms with E-state index in [0.29, 0.717) is 25.1 Å². The van der Waals surface area contributed by atoms with Crippen molar-refractivity contribution in [2.24, 2.45) is 0 Å². The second-order valence-electron chi connectivity index (χ2n) is 8.20. The van der Waals surface area contributed by atoms with E-state index in [9.17, 15) is 9.59 Å². The van der Waals surface area contributed by atoms with Crippen molar-refractivity contribution in [1.82, 2.24) is 10.2 Å². The third-order valence-corrected chi connectivity index (χ3v) is 6.07. The molecular weight excluding hydrogens is 362 g/mol. The molecule has 0 atom stereocenters. The fourth-order valence-corrected chi connectivity index (χ4v) is 4.35. The first-order valence-electron chi connectivity index (χ1n) is 10.7. The fraction of sp³-hybridized carbons (Fsp3) is 0.417. The van der Waals surface area contributed by atoms with Crippen molar-refractivity contribution in [3.63, 3.8) is 0 Å². The molecule has 5 nitrogen and oxygen atoms in total. The first kappa shape index (κ1) is 19.6. The zero-order chi connectivity index (χ0) is 20.1. The molecule has 0 radical (unpaired) electrons. The highest BCUT2D eigenvalue weighted by atomic mass is 16.2. The number of nitrogens with zero attached hydrogens (tertiary/aromatic N) is 1. The Morgan fingerprint density at radius 1 is 0.966 bits per heavy atom. The molecule has 2 N–H and O–H groups in total. The van der Waals surface area contributed by atoms with Crippen molar-refractivity contribution >= 4 is 11.8 Å². The van der Waals surface area contributed by atoms with Gasteiger partial charge in [-0.25, -0.2) is 0 Å². The molecule has 0 saturated carbocycles. The Morgan fingerprint density at radius 2 is 1.69 bits per heavy atom. The van der Waals surface area contributed by atoms with E-state index in [0.717, 1.165) is 25.1 Å². The highest BCUT2D eigenvalue weighted by Gasteiger charge is 2.20. The number of likely N-dealkylation sites (tertiary alicyclic amines) is 2. The van der Waals surface area contributed by atoms with Gasteiger partial charge in [0, 0.05) is 50.0 Å². The van der Waals surface area contributed by atoms with Crippen LogP contribution in [-0.2, 0) is 24.4 Å². The van der Waals surface area contributed by atoms with Crippen molar-refractivity contribution in [3.8, 4) is 0 Å². The van der Waals surface area contributed by atoms with Crippen LogP contribution >= 0.6 is 0 Å². The zero-order valence-corrected chi connectivity index (χ0v) is 17.0. The predicted octanol–water partition coefficient (Wildman–Crippen LogP) is 1.92. The van der Waals surface area contributed by atoms with E-state index in [4.69, 9.17) is 0 Å². The van der Waals surface area contributed by atoms with Gasteiger partial charge in [-0.05, 0) is 29.7 Å². The normalized spacial score (nSPS) is 17.1. The molecule has 29 heavy (non-hydrogen) atoms. The van der Waals surface area contributed by atoms with Gasteiger partial charge in [0.25, 0.3) is 5.91 Å². The van der Waals surface area contributed by atoms with E-state index in [1.54, 1.807) is 4.90 Å². The number of hydrogen-bond acceptors (Lipinski definition) is 2. The third kappa shape index (κ3) is 5.04. The summed E-state index contributed by atoms with van der Waals surface area (Å²) >= 11 is 0. The summed E-state index contributed by atoms with van der Waals surface area (Å²) in [5, 5.41) is 3.07. The molecule has 0 aromatic heterocycles. The van der Waals surface area contributed by atoms with Gasteiger partial charge in [-0.1, -0.05) is 36.4 Å². The van der Waals surface area contributed by atoms with E-state index in [2.05, 4.69) is 23.5 Å². The summed E-state index contributed by atoms with van der Waals surface area (Å²) in [6.45, 7) is 5.54. The molecule has 2 aromatic carbocycles. The quantitative estimate of drug-likeness (QED) is 0.756. The van der Waals surface area contributed by atoms with Crippen molar-refractivity contribution in [2.45, 2.75) is 45.3 Å². The first-order chi connectivity index (χ1) is 14.2. The van der Waals surface area contributed by atoms with Gasteiger partial charge < -0.3 is 15.1 Å². The second kappa shape index (κ2) is 9.23. The minimum Gasteiger partial charge on any atom is -0.348 e. The lowest BCUT2D eigenvalue weighted by Gasteiger charge is -2.16. The highest BCUT2D eigenvalue weighted by molar-refractivity contribution is 5.94. The molecule has 0 aliphatic carbocycles. The van der Waals surface area contributed by atoms with Crippen LogP contribution in [0.1, 0.15) is 52.7 Å². The first-order valence-corrected chi connectivity index (χ1v) is 10.7. The molecule has 0 unspecified atom stereocenters. The van der Waals surface area contributed by atoms with Crippen LogP contribution in [0.2, 0.25) is 0 Å². The summed E-state index contributed by atoms with van der Waals surface area (Å²) < 4.78 is 0. The van der Waals surface area contributed by atoms with Gasteiger partial charge in [-0.15, -0.1) is 0 Å². The van der Waals surface area contributed by atoms with Gasteiger partial charge in [0.15, 0.2) is 0 Å². The topological polar surface area (TPSA) is 53.9 Å². The van der Waals surface area contributed by atoms with Crippen molar-refractivity contribution < 1.29 is 14.5 Å². The number of hydrogen-bond donors (Lipinski definition) is 2. The van der Waals surface area contributed by atoms with E-state index in [-0.39, 0.29) is 11.8 Å². The SMILES string of the molecule is O=C(NCc1ccccc1C[NH+]1CCCC1)c1ccc(CN2CCCC2=O)cc1. The monoisotopic (exact) mass is 392 g/mol. The molecule has 0 spiro atoms. The average Bonchev–Trinajstić information content (AvgIpc) is 3.40. The Hall–Kier alpha value is -2.66. The van der Waals surface area contributed by atoms with Gasteiger partial charge in [-0.3, -0.25) is 9.59 Å². The lowest BCUT2D eigenvalue weighted by molar-refractivity contribution is -0.901. The van der Waals surface area contributed by atoms with E-state index in [1.165, 1.54) is 37.1 Å². The van der Waals surface area contributed by atoms with Gasteiger partial charge in [-0.2, -0.15) is 0 Å². The average molecular weight is 393 g/mol. The number of quaternary nitrogens is 1. The maximum absolute atomic E-state index is 12.6. The largest absolute Gasteiger partial charge is 0.348 e. The molecular formula is C24H30N3O2+. The maximum Gasteiger partial charge on any atom is 0.251 e. The Kier molecular flexibility index (Phi) is 6.25. The maximum atomic E-state index is 12.6. The smallest absolute Gasteiger partial charge is 0.251 e. The number of carbonyl (C=O) groups excluding carboxylic acids is 2. The van der Waals surface area contributed by atoms with Crippen molar-refractivity contribution in [2.75, 3.05) is 19.6 Å². The molecule has 152 valence electrons. The summed E-state index contributed by atoms with van der Waals surface area (Å²) in [5.74, 6) is 0.165. The van der Waals surface area contributed by atoms with Gasteiger partial charge in [0.2, 0.25) is 5.91 Å². The molecule has 2 aliphatic heterocycles. The minimum atomic E-state index is -0.0582. The van der Waals surface area contributed by atoms with Crippen LogP contribution < -0.4 is 10.2 Å². The standard InChI is InChI=1S/C24H29N3O2/c28-23-8-5-15-27(23)17-19-9-11-20(12-10-19)24(29)25-16-21-6-1-2-7-22(21)18-26-13-3-4-14-26/h1-2,6-7,9-12H,3-5,8,13-18H2,(H,25,29)/p+1. The van der Waals surface area contributed by atoms with Gasteiger partial charge in [0.05, 0.1) is 13.1 Å². The molecule has 4 rings (SSSR count). The second-order valence-corrected chi connectivity index (χ2v) is 8.20. The Morgan fingerprint density at radius 3 is 2.38 bits per heavy atom. The molecule has 5 heteroatoms. The minimum absolute atomic E-state index is 0.0582. The summed E-state index contributed by atoms with van der Waals surface area (Å²) in [5.41, 5.74) is 4.25. The number of nitrogens with one attached hydrogen (secondary N) is 2. The van der Waals surface area contributed by atoms with Crippen LogP contribution in [0.3, 0.4) is 0 Å². The molecule has 2 amide bonds. The van der Waals surface area contributed by atoms with Gasteiger partial charge >= 0.3 is 0 Å². The summed E-state index contributed by atoms with van der Waals surface area (Å²) in [6, 6.07) is 16.0. The van der Waals surface area contributed by atoms with Crippen LogP contribution in [0.15, 0.2) is 48.5 Å². The zero-order valence-electron chi connectivity index (χ0n) is 17.0. The third-order valence-electron chi connectivity index (χ3n) is 6.07. The van der Waals surface area contributed by atoms with Crippen LogP contribution in [0.25, 0.3) is 0 Å². The predicted molar refractivity (Wildman–Crippen MR) is 112 cm³/mol. The summed E-state index contributed by atoms with van der Waals surface area (Å²) in [6.07, 6.45) is 4.23. The summed E-state index contributed by atoms with van der Waals surface area (Å²) in [4.78, 5) is 27.9.